The first-order valence-corrected chi connectivity index (χ1v) is 6.29. The molecule has 2 aromatic carbocycles. The molecule has 1 N–H and O–H groups in total. The van der Waals surface area contributed by atoms with Crippen LogP contribution in [0.2, 0.25) is 0 Å². The van der Waals surface area contributed by atoms with Gasteiger partial charge in [0.2, 0.25) is 0 Å². The molecule has 1 saturated heterocycles. The van der Waals surface area contributed by atoms with Gasteiger partial charge in [-0.1, -0.05) is 29.8 Å². The SMILES string of the molecule is Cc1ccc2ccc(N3CCNCC3)cc2c1. The van der Waals surface area contributed by atoms with Gasteiger partial charge in [0.05, 0.1) is 0 Å². The van der Waals surface area contributed by atoms with Crippen LogP contribution in [0, 0.1) is 6.92 Å². The maximum absolute atomic E-state index is 3.39. The number of rotatable bonds is 1. The van der Waals surface area contributed by atoms with E-state index in [1.807, 2.05) is 0 Å². The molecule has 1 aliphatic rings. The molecule has 1 heterocycles. The first kappa shape index (κ1) is 10.6. The van der Waals surface area contributed by atoms with E-state index in [-0.39, 0.29) is 0 Å². The van der Waals surface area contributed by atoms with Crippen LogP contribution in [-0.4, -0.2) is 26.2 Å². The van der Waals surface area contributed by atoms with Crippen LogP contribution in [-0.2, 0) is 0 Å². The molecular weight excluding hydrogens is 208 g/mol. The molecule has 1 aliphatic heterocycles. The molecule has 0 aromatic heterocycles. The van der Waals surface area contributed by atoms with E-state index in [0.29, 0.717) is 0 Å². The zero-order valence-corrected chi connectivity index (χ0v) is 10.2. The summed E-state index contributed by atoms with van der Waals surface area (Å²) in [6.45, 7) is 6.54. The largest absolute Gasteiger partial charge is 0.369 e. The van der Waals surface area contributed by atoms with Crippen LogP contribution in [0.5, 0.6) is 0 Å². The third kappa shape index (κ3) is 2.13. The van der Waals surface area contributed by atoms with Crippen molar-refractivity contribution in [3.63, 3.8) is 0 Å². The molecule has 0 saturated carbocycles. The van der Waals surface area contributed by atoms with Crippen molar-refractivity contribution in [3.8, 4) is 0 Å². The fourth-order valence-corrected chi connectivity index (χ4v) is 2.47. The molecule has 0 unspecified atom stereocenters. The summed E-state index contributed by atoms with van der Waals surface area (Å²) in [7, 11) is 0. The number of benzene rings is 2. The standard InChI is InChI=1S/C15H18N2/c1-12-2-3-13-4-5-15(11-14(13)10-12)17-8-6-16-7-9-17/h2-5,10-11,16H,6-9H2,1H3. The summed E-state index contributed by atoms with van der Waals surface area (Å²) in [5.41, 5.74) is 2.68. The highest BCUT2D eigenvalue weighted by Crippen LogP contribution is 2.23. The fourth-order valence-electron chi connectivity index (χ4n) is 2.47. The van der Waals surface area contributed by atoms with Gasteiger partial charge in [0.1, 0.15) is 0 Å². The maximum atomic E-state index is 3.39. The van der Waals surface area contributed by atoms with Gasteiger partial charge < -0.3 is 10.2 Å². The minimum Gasteiger partial charge on any atom is -0.369 e. The second-order valence-corrected chi connectivity index (χ2v) is 4.77. The van der Waals surface area contributed by atoms with Gasteiger partial charge in [-0.3, -0.25) is 0 Å². The summed E-state index contributed by atoms with van der Waals surface area (Å²) in [6, 6.07) is 13.4. The zero-order chi connectivity index (χ0) is 11.7. The Morgan fingerprint density at radius 2 is 1.71 bits per heavy atom. The van der Waals surface area contributed by atoms with E-state index >= 15 is 0 Å². The van der Waals surface area contributed by atoms with E-state index in [1.54, 1.807) is 0 Å². The summed E-state index contributed by atoms with van der Waals surface area (Å²) < 4.78 is 0. The Hall–Kier alpha value is -1.54. The van der Waals surface area contributed by atoms with Crippen molar-refractivity contribution in [2.24, 2.45) is 0 Å². The number of hydrogen-bond donors (Lipinski definition) is 1. The lowest BCUT2D eigenvalue weighted by molar-refractivity contribution is 0.589. The molecule has 17 heavy (non-hydrogen) atoms. The van der Waals surface area contributed by atoms with Gasteiger partial charge >= 0.3 is 0 Å². The van der Waals surface area contributed by atoms with Gasteiger partial charge in [-0.05, 0) is 29.8 Å². The first-order valence-electron chi connectivity index (χ1n) is 6.29. The van der Waals surface area contributed by atoms with Crippen molar-refractivity contribution in [2.45, 2.75) is 6.92 Å². The summed E-state index contributed by atoms with van der Waals surface area (Å²) in [4.78, 5) is 2.46. The van der Waals surface area contributed by atoms with Crippen LogP contribution in [0.3, 0.4) is 0 Å². The predicted molar refractivity (Wildman–Crippen MR) is 73.8 cm³/mol. The average molecular weight is 226 g/mol. The minimum atomic E-state index is 1.09. The number of anilines is 1. The molecule has 1 fully saturated rings. The van der Waals surface area contributed by atoms with Crippen molar-refractivity contribution in [3.05, 3.63) is 42.0 Å². The number of aryl methyl sites for hydroxylation is 1. The quantitative estimate of drug-likeness (QED) is 0.804. The Bertz CT molecular complexity index is 527. The molecule has 0 aliphatic carbocycles. The Labute approximate surface area is 102 Å². The van der Waals surface area contributed by atoms with E-state index in [1.165, 1.54) is 22.0 Å². The lowest BCUT2D eigenvalue weighted by Crippen LogP contribution is -2.43. The van der Waals surface area contributed by atoms with Crippen LogP contribution in [0.4, 0.5) is 5.69 Å². The number of fused-ring (bicyclic) bond motifs is 1. The Balaban J connectivity index is 1.99. The van der Waals surface area contributed by atoms with Crippen LogP contribution in [0.1, 0.15) is 5.56 Å². The topological polar surface area (TPSA) is 15.3 Å². The van der Waals surface area contributed by atoms with Gasteiger partial charge in [0.25, 0.3) is 0 Å². The van der Waals surface area contributed by atoms with Crippen molar-refractivity contribution in [1.82, 2.24) is 5.32 Å². The molecule has 0 atom stereocenters. The summed E-state index contributed by atoms with van der Waals surface area (Å²) in [5.74, 6) is 0. The van der Waals surface area contributed by atoms with Gasteiger partial charge in [0, 0.05) is 31.9 Å². The van der Waals surface area contributed by atoms with E-state index < -0.39 is 0 Å². The second kappa shape index (κ2) is 4.38. The van der Waals surface area contributed by atoms with Gasteiger partial charge in [-0.25, -0.2) is 0 Å². The van der Waals surface area contributed by atoms with Crippen molar-refractivity contribution in [1.29, 1.82) is 0 Å². The van der Waals surface area contributed by atoms with Crippen molar-refractivity contribution in [2.75, 3.05) is 31.1 Å². The number of nitrogens with one attached hydrogen (secondary N) is 1. The van der Waals surface area contributed by atoms with E-state index in [9.17, 15) is 0 Å². The summed E-state index contributed by atoms with van der Waals surface area (Å²) in [6.07, 6.45) is 0. The van der Waals surface area contributed by atoms with Gasteiger partial charge in [-0.15, -0.1) is 0 Å². The minimum absolute atomic E-state index is 1.09. The van der Waals surface area contributed by atoms with Gasteiger partial charge in [0.15, 0.2) is 0 Å². The number of nitrogens with zero attached hydrogens (tertiary/aromatic N) is 1. The van der Waals surface area contributed by atoms with Crippen molar-refractivity contribution < 1.29 is 0 Å². The molecular formula is C15H18N2. The average Bonchev–Trinajstić information content (AvgIpc) is 2.39. The predicted octanol–water partition coefficient (Wildman–Crippen LogP) is 2.56. The van der Waals surface area contributed by atoms with E-state index in [2.05, 4.69) is 53.5 Å². The lowest BCUT2D eigenvalue weighted by Gasteiger charge is -2.29. The Morgan fingerprint density at radius 1 is 0.941 bits per heavy atom. The summed E-state index contributed by atoms with van der Waals surface area (Å²) >= 11 is 0. The molecule has 0 spiro atoms. The molecule has 88 valence electrons. The second-order valence-electron chi connectivity index (χ2n) is 4.77. The molecule has 2 nitrogen and oxygen atoms in total. The van der Waals surface area contributed by atoms with Crippen LogP contribution in [0.15, 0.2) is 36.4 Å². The normalized spacial score (nSPS) is 16.4. The van der Waals surface area contributed by atoms with Crippen molar-refractivity contribution >= 4 is 16.5 Å². The highest BCUT2D eigenvalue weighted by molar-refractivity contribution is 5.86. The number of piperazine rings is 1. The van der Waals surface area contributed by atoms with Crippen LogP contribution in [0.25, 0.3) is 10.8 Å². The van der Waals surface area contributed by atoms with Crippen LogP contribution < -0.4 is 10.2 Å². The molecule has 0 amide bonds. The van der Waals surface area contributed by atoms with Crippen LogP contribution >= 0.6 is 0 Å². The number of hydrogen-bond acceptors (Lipinski definition) is 2. The maximum Gasteiger partial charge on any atom is 0.0373 e. The monoisotopic (exact) mass is 226 g/mol. The summed E-state index contributed by atoms with van der Waals surface area (Å²) in [5, 5.41) is 6.07. The lowest BCUT2D eigenvalue weighted by atomic mass is 10.1. The van der Waals surface area contributed by atoms with E-state index in [0.717, 1.165) is 26.2 Å². The molecule has 0 bridgehead atoms. The third-order valence-electron chi connectivity index (χ3n) is 3.46. The third-order valence-corrected chi connectivity index (χ3v) is 3.46. The molecule has 2 aromatic rings. The molecule has 2 heteroatoms. The highest BCUT2D eigenvalue weighted by atomic mass is 15.2. The Kier molecular flexibility index (Phi) is 2.73. The first-order chi connectivity index (χ1) is 8.33. The Morgan fingerprint density at radius 3 is 2.53 bits per heavy atom. The molecule has 3 rings (SSSR count). The zero-order valence-electron chi connectivity index (χ0n) is 10.2. The van der Waals surface area contributed by atoms with E-state index in [4.69, 9.17) is 0 Å². The highest BCUT2D eigenvalue weighted by Gasteiger charge is 2.10. The fraction of sp³-hybridized carbons (Fsp3) is 0.333. The smallest absolute Gasteiger partial charge is 0.0373 e. The van der Waals surface area contributed by atoms with Gasteiger partial charge in [-0.2, -0.15) is 0 Å². The molecule has 0 radical (unpaired) electrons.